The molecule has 8 heteroatoms. The predicted octanol–water partition coefficient (Wildman–Crippen LogP) is 3.44. The zero-order valence-electron chi connectivity index (χ0n) is 19.4. The Morgan fingerprint density at radius 3 is 2.31 bits per heavy atom. The summed E-state index contributed by atoms with van der Waals surface area (Å²) >= 11 is 0. The summed E-state index contributed by atoms with van der Waals surface area (Å²) in [5.74, 6) is -1.52. The first kappa shape index (κ1) is 23.4. The van der Waals surface area contributed by atoms with Crippen molar-refractivity contribution in [2.24, 2.45) is 5.92 Å². The van der Waals surface area contributed by atoms with Gasteiger partial charge in [0.15, 0.2) is 6.10 Å². The van der Waals surface area contributed by atoms with Crippen LogP contribution in [0.5, 0.6) is 0 Å². The predicted molar refractivity (Wildman–Crippen MR) is 128 cm³/mol. The van der Waals surface area contributed by atoms with Gasteiger partial charge in [-0.25, -0.2) is 9.59 Å². The van der Waals surface area contributed by atoms with Crippen molar-refractivity contribution in [3.63, 3.8) is 0 Å². The number of alkyl carbamates (subject to hydrolysis) is 1. The summed E-state index contributed by atoms with van der Waals surface area (Å²) in [7, 11) is 0. The van der Waals surface area contributed by atoms with Gasteiger partial charge in [0.2, 0.25) is 5.91 Å². The number of rotatable bonds is 6. The molecule has 0 spiro atoms. The maximum absolute atomic E-state index is 12.8. The number of hydrogen-bond donors (Lipinski definition) is 3. The molecule has 2 amide bonds. The second-order valence-corrected chi connectivity index (χ2v) is 9.56. The van der Waals surface area contributed by atoms with Gasteiger partial charge < -0.3 is 25.2 Å². The minimum atomic E-state index is -1.06. The van der Waals surface area contributed by atoms with Gasteiger partial charge >= 0.3 is 12.1 Å². The van der Waals surface area contributed by atoms with Crippen molar-refractivity contribution in [2.75, 3.05) is 13.2 Å². The van der Waals surface area contributed by atoms with E-state index >= 15 is 0 Å². The third kappa shape index (κ3) is 4.89. The molecule has 5 rings (SSSR count). The van der Waals surface area contributed by atoms with E-state index in [4.69, 9.17) is 9.47 Å². The number of carboxylic acid groups (broad SMARTS) is 1. The van der Waals surface area contributed by atoms with Gasteiger partial charge in [0.05, 0.1) is 6.04 Å². The largest absolute Gasteiger partial charge is 0.479 e. The van der Waals surface area contributed by atoms with Crippen molar-refractivity contribution in [1.29, 1.82) is 0 Å². The van der Waals surface area contributed by atoms with Gasteiger partial charge in [-0.15, -0.1) is 0 Å². The highest BCUT2D eigenvalue weighted by atomic mass is 16.5. The summed E-state index contributed by atoms with van der Waals surface area (Å²) in [6, 6.07) is 15.7. The van der Waals surface area contributed by atoms with E-state index in [1.807, 2.05) is 24.3 Å². The van der Waals surface area contributed by atoms with E-state index < -0.39 is 24.2 Å². The van der Waals surface area contributed by atoms with Crippen molar-refractivity contribution >= 4 is 18.0 Å². The monoisotopic (exact) mass is 478 g/mol. The number of amides is 2. The zero-order chi connectivity index (χ0) is 24.4. The van der Waals surface area contributed by atoms with Crippen LogP contribution in [0.1, 0.15) is 49.1 Å². The molecule has 1 heterocycles. The lowest BCUT2D eigenvalue weighted by atomic mass is 9.85. The second kappa shape index (κ2) is 10.1. The first-order chi connectivity index (χ1) is 17.0. The van der Waals surface area contributed by atoms with Crippen LogP contribution in [0, 0.1) is 5.92 Å². The molecule has 2 fully saturated rings. The van der Waals surface area contributed by atoms with Gasteiger partial charge in [-0.1, -0.05) is 55.0 Å². The molecule has 2 aromatic carbocycles. The summed E-state index contributed by atoms with van der Waals surface area (Å²) in [5, 5.41) is 15.0. The van der Waals surface area contributed by atoms with Gasteiger partial charge in [-0.2, -0.15) is 0 Å². The Morgan fingerprint density at radius 2 is 1.63 bits per heavy atom. The molecule has 4 atom stereocenters. The fourth-order valence-electron chi connectivity index (χ4n) is 5.65. The lowest BCUT2D eigenvalue weighted by Gasteiger charge is -2.30. The van der Waals surface area contributed by atoms with Crippen LogP contribution < -0.4 is 10.6 Å². The molecule has 35 heavy (non-hydrogen) atoms. The Kier molecular flexibility index (Phi) is 6.72. The first-order valence-electron chi connectivity index (χ1n) is 12.3. The molecule has 1 saturated heterocycles. The molecule has 2 aromatic rings. The maximum Gasteiger partial charge on any atom is 0.407 e. The lowest BCUT2D eigenvalue weighted by Crippen LogP contribution is -2.48. The Hall–Kier alpha value is -3.39. The van der Waals surface area contributed by atoms with Crippen molar-refractivity contribution < 1.29 is 29.0 Å². The number of aliphatic carboxylic acids is 1. The van der Waals surface area contributed by atoms with Crippen molar-refractivity contribution in [2.45, 2.75) is 56.2 Å². The molecule has 1 saturated carbocycles. The van der Waals surface area contributed by atoms with Gasteiger partial charge in [0.1, 0.15) is 6.61 Å². The Morgan fingerprint density at radius 1 is 0.943 bits per heavy atom. The highest BCUT2D eigenvalue weighted by Crippen LogP contribution is 2.44. The van der Waals surface area contributed by atoms with Crippen LogP contribution in [0.3, 0.4) is 0 Å². The quantitative estimate of drug-likeness (QED) is 0.586. The summed E-state index contributed by atoms with van der Waals surface area (Å²) in [6.07, 6.45) is 1.79. The average Bonchev–Trinajstić information content (AvgIpc) is 3.45. The number of ether oxygens (including phenoxy) is 2. The molecule has 0 aromatic heterocycles. The molecule has 0 unspecified atom stereocenters. The third-order valence-electron chi connectivity index (χ3n) is 7.37. The van der Waals surface area contributed by atoms with E-state index in [-0.39, 0.29) is 30.4 Å². The second-order valence-electron chi connectivity index (χ2n) is 9.56. The number of carboxylic acids is 1. The molecule has 0 bridgehead atoms. The van der Waals surface area contributed by atoms with E-state index in [0.29, 0.717) is 25.9 Å². The molecule has 1 aliphatic heterocycles. The van der Waals surface area contributed by atoms with Crippen LogP contribution in [0.15, 0.2) is 48.5 Å². The van der Waals surface area contributed by atoms with E-state index in [0.717, 1.165) is 24.0 Å². The standard InChI is InChI=1S/C27H30N2O6/c30-25(29-23-12-13-34-24(23)26(31)32)16-6-5-7-17(14-16)28-27(33)35-15-22-20-10-3-1-8-18(20)19-9-2-4-11-21(19)22/h1-4,8-11,16-17,22-24H,5-7,12-15H2,(H,28,33)(H,29,30)(H,31,32)/t16-,17+,23+,24-/m1/s1. The number of hydrogen-bond acceptors (Lipinski definition) is 5. The molecular weight excluding hydrogens is 448 g/mol. The van der Waals surface area contributed by atoms with E-state index in [9.17, 15) is 19.5 Å². The summed E-state index contributed by atoms with van der Waals surface area (Å²) in [6.45, 7) is 0.563. The number of carbonyl (C=O) groups is 3. The molecule has 2 aliphatic carbocycles. The average molecular weight is 479 g/mol. The fraction of sp³-hybridized carbons (Fsp3) is 0.444. The Labute approximate surface area is 204 Å². The highest BCUT2D eigenvalue weighted by Gasteiger charge is 2.37. The molecule has 8 nitrogen and oxygen atoms in total. The molecule has 3 N–H and O–H groups in total. The van der Waals surface area contributed by atoms with Crippen LogP contribution in [-0.2, 0) is 19.1 Å². The minimum absolute atomic E-state index is 0.00570. The van der Waals surface area contributed by atoms with Gasteiger partial charge in [0.25, 0.3) is 0 Å². The molecule has 184 valence electrons. The third-order valence-corrected chi connectivity index (χ3v) is 7.37. The van der Waals surface area contributed by atoms with E-state index in [2.05, 4.69) is 34.9 Å². The van der Waals surface area contributed by atoms with E-state index in [1.54, 1.807) is 0 Å². The smallest absolute Gasteiger partial charge is 0.407 e. The Balaban J connectivity index is 1.14. The van der Waals surface area contributed by atoms with Gasteiger partial charge in [-0.3, -0.25) is 4.79 Å². The highest BCUT2D eigenvalue weighted by molar-refractivity contribution is 5.81. The lowest BCUT2D eigenvalue weighted by molar-refractivity contribution is -0.148. The van der Waals surface area contributed by atoms with Crippen LogP contribution >= 0.6 is 0 Å². The fourth-order valence-corrected chi connectivity index (χ4v) is 5.65. The SMILES string of the molecule is O=C(N[C@H]1CCC[C@@H](C(=O)N[C@H]2CCO[C@H]2C(=O)O)C1)OCC1c2ccccc2-c2ccccc21. The summed E-state index contributed by atoms with van der Waals surface area (Å²) in [5.41, 5.74) is 4.67. The summed E-state index contributed by atoms with van der Waals surface area (Å²) in [4.78, 5) is 36.7. The van der Waals surface area contributed by atoms with Crippen molar-refractivity contribution in [3.8, 4) is 11.1 Å². The number of carbonyl (C=O) groups excluding carboxylic acids is 2. The van der Waals surface area contributed by atoms with Crippen molar-refractivity contribution in [3.05, 3.63) is 59.7 Å². The Bertz CT molecular complexity index is 1070. The molecule has 3 aliphatic rings. The van der Waals surface area contributed by atoms with Crippen molar-refractivity contribution in [1.82, 2.24) is 10.6 Å². The van der Waals surface area contributed by atoms with Crippen LogP contribution in [0.4, 0.5) is 4.79 Å². The van der Waals surface area contributed by atoms with Crippen LogP contribution in [-0.4, -0.2) is 54.5 Å². The number of benzene rings is 2. The van der Waals surface area contributed by atoms with Crippen LogP contribution in [0.25, 0.3) is 11.1 Å². The van der Waals surface area contributed by atoms with Gasteiger partial charge in [-0.05, 0) is 47.9 Å². The van der Waals surface area contributed by atoms with Crippen LogP contribution in [0.2, 0.25) is 0 Å². The summed E-state index contributed by atoms with van der Waals surface area (Å²) < 4.78 is 10.9. The minimum Gasteiger partial charge on any atom is -0.479 e. The molecular formula is C27H30N2O6. The number of nitrogens with one attached hydrogen (secondary N) is 2. The normalized spacial score (nSPS) is 25.4. The first-order valence-corrected chi connectivity index (χ1v) is 12.3. The maximum atomic E-state index is 12.8. The number of fused-ring (bicyclic) bond motifs is 3. The zero-order valence-corrected chi connectivity index (χ0v) is 19.4. The topological polar surface area (TPSA) is 114 Å². The molecule has 0 radical (unpaired) electrons. The van der Waals surface area contributed by atoms with Gasteiger partial charge in [0, 0.05) is 24.5 Å². The van der Waals surface area contributed by atoms with E-state index in [1.165, 1.54) is 11.1 Å².